The minimum atomic E-state index is -0.167. The lowest BCUT2D eigenvalue weighted by Crippen LogP contribution is -2.14. The topological polar surface area (TPSA) is 80.9 Å². The van der Waals surface area contributed by atoms with Crippen LogP contribution in [-0.2, 0) is 4.79 Å². The summed E-state index contributed by atoms with van der Waals surface area (Å²) in [5.41, 5.74) is 6.52. The molecule has 0 saturated carbocycles. The zero-order chi connectivity index (χ0) is 15.4. The molecular weight excluding hydrogens is 351 g/mol. The van der Waals surface area contributed by atoms with E-state index in [0.717, 1.165) is 9.35 Å². The minimum absolute atomic E-state index is 0.167. The molecule has 0 spiro atoms. The first-order chi connectivity index (χ1) is 9.95. The lowest BCUT2D eigenvalue weighted by Gasteiger charge is -2.10. The molecule has 21 heavy (non-hydrogen) atoms. The Morgan fingerprint density at radius 2 is 2.19 bits per heavy atom. The standard InChI is InChI=1S/C12H12Cl2N4OS2/c1-6-17-18-12(21-6)20-3-2-10(19)16-11-8(14)4-7(13)5-9(11)15/h4-5H,2-3,15H2,1H3,(H,16,19). The van der Waals surface area contributed by atoms with E-state index in [1.807, 2.05) is 6.92 Å². The van der Waals surface area contributed by atoms with Gasteiger partial charge in [-0.05, 0) is 19.1 Å². The van der Waals surface area contributed by atoms with Crippen LogP contribution in [0, 0.1) is 6.92 Å². The van der Waals surface area contributed by atoms with Gasteiger partial charge in [-0.15, -0.1) is 10.2 Å². The Kier molecular flexibility index (Phi) is 5.69. The number of nitrogens with one attached hydrogen (secondary N) is 1. The van der Waals surface area contributed by atoms with Gasteiger partial charge in [0.15, 0.2) is 4.34 Å². The van der Waals surface area contributed by atoms with E-state index in [1.165, 1.54) is 29.2 Å². The fourth-order valence-electron chi connectivity index (χ4n) is 1.50. The summed E-state index contributed by atoms with van der Waals surface area (Å²) in [5.74, 6) is 0.436. The number of rotatable bonds is 5. The molecule has 0 bridgehead atoms. The number of halogens is 2. The fourth-order valence-corrected chi connectivity index (χ4v) is 3.88. The molecule has 0 radical (unpaired) electrons. The van der Waals surface area contributed by atoms with Crippen molar-refractivity contribution < 1.29 is 4.79 Å². The zero-order valence-electron chi connectivity index (χ0n) is 11.0. The number of aryl methyl sites for hydroxylation is 1. The summed E-state index contributed by atoms with van der Waals surface area (Å²) in [4.78, 5) is 11.9. The zero-order valence-corrected chi connectivity index (χ0v) is 14.2. The van der Waals surface area contributed by atoms with Crippen molar-refractivity contribution in [2.75, 3.05) is 16.8 Å². The molecule has 0 saturated heterocycles. The summed E-state index contributed by atoms with van der Waals surface area (Å²) >= 11 is 14.8. The van der Waals surface area contributed by atoms with Crippen LogP contribution < -0.4 is 11.1 Å². The Balaban J connectivity index is 1.87. The van der Waals surface area contributed by atoms with Crippen molar-refractivity contribution in [3.05, 3.63) is 27.2 Å². The van der Waals surface area contributed by atoms with Gasteiger partial charge < -0.3 is 11.1 Å². The SMILES string of the molecule is Cc1nnc(SCCC(=O)Nc2c(N)cc(Cl)cc2Cl)s1. The van der Waals surface area contributed by atoms with E-state index in [-0.39, 0.29) is 5.91 Å². The van der Waals surface area contributed by atoms with E-state index in [9.17, 15) is 4.79 Å². The van der Waals surface area contributed by atoms with E-state index < -0.39 is 0 Å². The van der Waals surface area contributed by atoms with Gasteiger partial charge in [0.05, 0.1) is 16.4 Å². The monoisotopic (exact) mass is 362 g/mol. The summed E-state index contributed by atoms with van der Waals surface area (Å²) in [7, 11) is 0. The van der Waals surface area contributed by atoms with Crippen molar-refractivity contribution in [3.8, 4) is 0 Å². The molecule has 0 aliphatic carbocycles. The first-order valence-electron chi connectivity index (χ1n) is 5.93. The maximum atomic E-state index is 11.9. The van der Waals surface area contributed by atoms with Crippen LogP contribution in [0.3, 0.4) is 0 Å². The highest BCUT2D eigenvalue weighted by atomic mass is 35.5. The second-order valence-electron chi connectivity index (χ2n) is 4.09. The van der Waals surface area contributed by atoms with Gasteiger partial charge in [0.1, 0.15) is 5.01 Å². The molecule has 0 aliphatic rings. The van der Waals surface area contributed by atoms with Gasteiger partial charge in [-0.1, -0.05) is 46.3 Å². The van der Waals surface area contributed by atoms with Gasteiger partial charge in [-0.3, -0.25) is 4.79 Å². The summed E-state index contributed by atoms with van der Waals surface area (Å²) in [5, 5.41) is 12.2. The maximum absolute atomic E-state index is 11.9. The molecule has 0 atom stereocenters. The van der Waals surface area contributed by atoms with Crippen molar-refractivity contribution in [1.29, 1.82) is 0 Å². The van der Waals surface area contributed by atoms with E-state index in [0.29, 0.717) is 33.6 Å². The first kappa shape index (κ1) is 16.4. The summed E-state index contributed by atoms with van der Waals surface area (Å²) in [6, 6.07) is 3.08. The van der Waals surface area contributed by atoms with Crippen LogP contribution in [0.4, 0.5) is 11.4 Å². The quantitative estimate of drug-likeness (QED) is 0.623. The number of aromatic nitrogens is 2. The van der Waals surface area contributed by atoms with Gasteiger partial charge in [0, 0.05) is 17.2 Å². The molecule has 112 valence electrons. The molecule has 0 aliphatic heterocycles. The van der Waals surface area contributed by atoms with Crippen molar-refractivity contribution in [2.24, 2.45) is 0 Å². The van der Waals surface area contributed by atoms with Crippen molar-refractivity contribution in [2.45, 2.75) is 17.7 Å². The number of amides is 1. The molecule has 1 aromatic heterocycles. The highest BCUT2D eigenvalue weighted by Crippen LogP contribution is 2.32. The highest BCUT2D eigenvalue weighted by Gasteiger charge is 2.11. The lowest BCUT2D eigenvalue weighted by atomic mass is 10.2. The van der Waals surface area contributed by atoms with Gasteiger partial charge in [0.2, 0.25) is 5.91 Å². The lowest BCUT2D eigenvalue weighted by molar-refractivity contribution is -0.115. The van der Waals surface area contributed by atoms with Crippen LogP contribution >= 0.6 is 46.3 Å². The third-order valence-electron chi connectivity index (χ3n) is 2.41. The number of benzene rings is 1. The smallest absolute Gasteiger partial charge is 0.225 e. The second-order valence-corrected chi connectivity index (χ2v) is 7.45. The Hall–Kier alpha value is -1.02. The Morgan fingerprint density at radius 1 is 1.43 bits per heavy atom. The van der Waals surface area contributed by atoms with E-state index in [1.54, 1.807) is 6.07 Å². The number of carbonyl (C=O) groups excluding carboxylic acids is 1. The molecular formula is C12H12Cl2N4OS2. The molecule has 9 heteroatoms. The van der Waals surface area contributed by atoms with Gasteiger partial charge in [-0.25, -0.2) is 0 Å². The Bertz CT molecular complexity index is 639. The van der Waals surface area contributed by atoms with E-state index in [4.69, 9.17) is 28.9 Å². The fraction of sp³-hybridized carbons (Fsp3) is 0.250. The molecule has 1 amide bonds. The Morgan fingerprint density at radius 3 is 2.81 bits per heavy atom. The van der Waals surface area contributed by atoms with E-state index >= 15 is 0 Å². The predicted molar refractivity (Wildman–Crippen MR) is 89.5 cm³/mol. The molecule has 2 rings (SSSR count). The molecule has 1 aromatic carbocycles. The molecule has 1 heterocycles. The van der Waals surface area contributed by atoms with Gasteiger partial charge >= 0.3 is 0 Å². The van der Waals surface area contributed by atoms with Crippen LogP contribution in [0.2, 0.25) is 10.0 Å². The number of nitrogens with zero attached hydrogens (tertiary/aromatic N) is 2. The van der Waals surface area contributed by atoms with Gasteiger partial charge in [0.25, 0.3) is 0 Å². The van der Waals surface area contributed by atoms with Crippen molar-refractivity contribution in [3.63, 3.8) is 0 Å². The number of hydrogen-bond donors (Lipinski definition) is 2. The van der Waals surface area contributed by atoms with Gasteiger partial charge in [-0.2, -0.15) is 0 Å². The predicted octanol–water partition coefficient (Wildman–Crippen LogP) is 3.86. The number of thioether (sulfide) groups is 1. The number of hydrogen-bond acceptors (Lipinski definition) is 6. The highest BCUT2D eigenvalue weighted by molar-refractivity contribution is 8.01. The van der Waals surface area contributed by atoms with Crippen molar-refractivity contribution in [1.82, 2.24) is 10.2 Å². The second kappa shape index (κ2) is 7.31. The average Bonchev–Trinajstić information content (AvgIpc) is 2.79. The molecule has 0 unspecified atom stereocenters. The molecule has 5 nitrogen and oxygen atoms in total. The average molecular weight is 363 g/mol. The van der Waals surface area contributed by atoms with E-state index in [2.05, 4.69) is 15.5 Å². The van der Waals surface area contributed by atoms with Crippen LogP contribution in [0.25, 0.3) is 0 Å². The summed E-state index contributed by atoms with van der Waals surface area (Å²) < 4.78 is 0.851. The number of anilines is 2. The third-order valence-corrected chi connectivity index (χ3v) is 4.90. The summed E-state index contributed by atoms with van der Waals surface area (Å²) in [6.45, 7) is 1.89. The number of nitrogen functional groups attached to an aromatic ring is 1. The maximum Gasteiger partial charge on any atom is 0.225 e. The van der Waals surface area contributed by atoms with Crippen LogP contribution in [0.15, 0.2) is 16.5 Å². The normalized spacial score (nSPS) is 10.6. The van der Waals surface area contributed by atoms with Crippen molar-refractivity contribution >= 4 is 63.6 Å². The van der Waals surface area contributed by atoms with Crippen LogP contribution in [-0.4, -0.2) is 21.9 Å². The molecule has 0 fully saturated rings. The first-order valence-corrected chi connectivity index (χ1v) is 8.49. The summed E-state index contributed by atoms with van der Waals surface area (Å²) in [6.07, 6.45) is 0.321. The molecule has 3 N–H and O–H groups in total. The third kappa shape index (κ3) is 4.74. The van der Waals surface area contributed by atoms with Crippen LogP contribution in [0.1, 0.15) is 11.4 Å². The molecule has 2 aromatic rings. The minimum Gasteiger partial charge on any atom is -0.397 e. The Labute approximate surface area is 140 Å². The van der Waals surface area contributed by atoms with Crippen LogP contribution in [0.5, 0.6) is 0 Å². The number of nitrogens with two attached hydrogens (primary N) is 1. The number of carbonyl (C=O) groups is 1. The largest absolute Gasteiger partial charge is 0.397 e.